The zero-order valence-electron chi connectivity index (χ0n) is 8.02. The predicted molar refractivity (Wildman–Crippen MR) is 50.9 cm³/mol. The molecule has 14 heavy (non-hydrogen) atoms. The van der Waals surface area contributed by atoms with E-state index in [2.05, 4.69) is 15.3 Å². The molecule has 1 aromatic rings. The Bertz CT molecular complexity index is 327. The van der Waals surface area contributed by atoms with Crippen molar-refractivity contribution in [2.75, 3.05) is 12.4 Å². The standard InChI is InChI=1S/C8H12N4O2/c1-5(9)7(13)12-6-3-10-4-11-8(6)14-2/h3-5H,9H2,1-2H3,(H,12,13)/t5-/m1/s1. The molecule has 1 rings (SSSR count). The molecule has 0 saturated heterocycles. The molecule has 1 heterocycles. The first kappa shape index (κ1) is 10.4. The number of anilines is 1. The largest absolute Gasteiger partial charge is 0.479 e. The minimum atomic E-state index is -0.583. The second-order valence-electron chi connectivity index (χ2n) is 2.72. The number of hydrogen-bond donors (Lipinski definition) is 2. The van der Waals surface area contributed by atoms with E-state index in [9.17, 15) is 4.79 Å². The fraction of sp³-hybridized carbons (Fsp3) is 0.375. The monoisotopic (exact) mass is 196 g/mol. The van der Waals surface area contributed by atoms with E-state index in [4.69, 9.17) is 10.5 Å². The fourth-order valence-electron chi connectivity index (χ4n) is 0.813. The second kappa shape index (κ2) is 4.52. The van der Waals surface area contributed by atoms with Crippen molar-refractivity contribution < 1.29 is 9.53 Å². The normalized spacial score (nSPS) is 11.9. The van der Waals surface area contributed by atoms with Crippen LogP contribution in [-0.4, -0.2) is 29.0 Å². The molecule has 6 heteroatoms. The van der Waals surface area contributed by atoms with Crippen LogP contribution in [0.3, 0.4) is 0 Å². The second-order valence-corrected chi connectivity index (χ2v) is 2.72. The fourth-order valence-corrected chi connectivity index (χ4v) is 0.813. The summed E-state index contributed by atoms with van der Waals surface area (Å²) in [6, 6.07) is -0.583. The number of amides is 1. The van der Waals surface area contributed by atoms with E-state index >= 15 is 0 Å². The van der Waals surface area contributed by atoms with Crippen molar-refractivity contribution in [2.45, 2.75) is 13.0 Å². The van der Waals surface area contributed by atoms with Crippen LogP contribution in [0.5, 0.6) is 5.88 Å². The Labute approximate surface area is 81.5 Å². The summed E-state index contributed by atoms with van der Waals surface area (Å²) in [5.74, 6) is 0.00657. The number of carbonyl (C=O) groups excluding carboxylic acids is 1. The van der Waals surface area contributed by atoms with E-state index in [1.54, 1.807) is 6.92 Å². The molecule has 0 bridgehead atoms. The summed E-state index contributed by atoms with van der Waals surface area (Å²) in [4.78, 5) is 18.8. The molecular formula is C8H12N4O2. The van der Waals surface area contributed by atoms with Gasteiger partial charge in [0.15, 0.2) is 0 Å². The zero-order chi connectivity index (χ0) is 10.6. The van der Waals surface area contributed by atoms with Crippen LogP contribution >= 0.6 is 0 Å². The quantitative estimate of drug-likeness (QED) is 0.697. The lowest BCUT2D eigenvalue weighted by molar-refractivity contribution is -0.117. The molecule has 6 nitrogen and oxygen atoms in total. The average molecular weight is 196 g/mol. The Morgan fingerprint density at radius 2 is 2.43 bits per heavy atom. The number of methoxy groups -OCH3 is 1. The van der Waals surface area contributed by atoms with Crippen LogP contribution in [0.15, 0.2) is 12.5 Å². The highest BCUT2D eigenvalue weighted by atomic mass is 16.5. The van der Waals surface area contributed by atoms with Gasteiger partial charge < -0.3 is 15.8 Å². The van der Waals surface area contributed by atoms with Gasteiger partial charge in [-0.05, 0) is 6.92 Å². The van der Waals surface area contributed by atoms with Crippen molar-refractivity contribution >= 4 is 11.6 Å². The Morgan fingerprint density at radius 1 is 1.71 bits per heavy atom. The summed E-state index contributed by atoms with van der Waals surface area (Å²) in [5, 5.41) is 2.55. The Morgan fingerprint density at radius 3 is 3.00 bits per heavy atom. The molecule has 1 atom stereocenters. The number of hydrogen-bond acceptors (Lipinski definition) is 5. The third-order valence-electron chi connectivity index (χ3n) is 1.54. The number of nitrogens with two attached hydrogens (primary N) is 1. The number of carbonyl (C=O) groups is 1. The van der Waals surface area contributed by atoms with Crippen LogP contribution in [-0.2, 0) is 4.79 Å². The van der Waals surface area contributed by atoms with Crippen LogP contribution < -0.4 is 15.8 Å². The number of aromatic nitrogens is 2. The van der Waals surface area contributed by atoms with Gasteiger partial charge in [-0.25, -0.2) is 4.98 Å². The lowest BCUT2D eigenvalue weighted by atomic mass is 10.3. The molecule has 1 aromatic heterocycles. The van der Waals surface area contributed by atoms with Crippen LogP contribution in [0.4, 0.5) is 5.69 Å². The van der Waals surface area contributed by atoms with E-state index in [0.717, 1.165) is 0 Å². The summed E-state index contributed by atoms with van der Waals surface area (Å²) in [7, 11) is 1.46. The Kier molecular flexibility index (Phi) is 3.35. The molecule has 0 fully saturated rings. The molecule has 0 aliphatic carbocycles. The molecule has 76 valence electrons. The summed E-state index contributed by atoms with van der Waals surface area (Å²) in [5.41, 5.74) is 5.80. The van der Waals surface area contributed by atoms with Gasteiger partial charge in [-0.15, -0.1) is 0 Å². The Hall–Kier alpha value is -1.69. The molecule has 0 saturated carbocycles. The van der Waals surface area contributed by atoms with Crippen molar-refractivity contribution in [1.29, 1.82) is 0 Å². The Balaban J connectivity index is 2.80. The van der Waals surface area contributed by atoms with Gasteiger partial charge in [-0.2, -0.15) is 4.98 Å². The van der Waals surface area contributed by atoms with Crippen molar-refractivity contribution in [3.8, 4) is 5.88 Å². The van der Waals surface area contributed by atoms with Crippen molar-refractivity contribution in [1.82, 2.24) is 9.97 Å². The van der Waals surface area contributed by atoms with Crippen molar-refractivity contribution in [3.63, 3.8) is 0 Å². The lowest BCUT2D eigenvalue weighted by Gasteiger charge is -2.09. The van der Waals surface area contributed by atoms with Gasteiger partial charge in [0, 0.05) is 0 Å². The third-order valence-corrected chi connectivity index (χ3v) is 1.54. The number of ether oxygens (including phenoxy) is 1. The van der Waals surface area contributed by atoms with E-state index in [-0.39, 0.29) is 5.91 Å². The average Bonchev–Trinajstić information content (AvgIpc) is 2.18. The highest BCUT2D eigenvalue weighted by molar-refractivity contribution is 5.95. The van der Waals surface area contributed by atoms with Gasteiger partial charge in [0.25, 0.3) is 0 Å². The highest BCUT2D eigenvalue weighted by Crippen LogP contribution is 2.18. The first-order valence-electron chi connectivity index (χ1n) is 4.05. The molecular weight excluding hydrogens is 184 g/mol. The molecule has 0 aliphatic rings. The van der Waals surface area contributed by atoms with Gasteiger partial charge in [0.1, 0.15) is 12.0 Å². The van der Waals surface area contributed by atoms with Crippen LogP contribution in [0.25, 0.3) is 0 Å². The van der Waals surface area contributed by atoms with E-state index in [1.165, 1.54) is 19.6 Å². The van der Waals surface area contributed by atoms with Gasteiger partial charge in [0.2, 0.25) is 11.8 Å². The molecule has 0 radical (unpaired) electrons. The zero-order valence-corrected chi connectivity index (χ0v) is 8.02. The smallest absolute Gasteiger partial charge is 0.241 e. The van der Waals surface area contributed by atoms with E-state index < -0.39 is 6.04 Å². The number of rotatable bonds is 3. The van der Waals surface area contributed by atoms with Crippen molar-refractivity contribution in [3.05, 3.63) is 12.5 Å². The number of nitrogens with zero attached hydrogens (tertiary/aromatic N) is 2. The van der Waals surface area contributed by atoms with Crippen molar-refractivity contribution in [2.24, 2.45) is 5.73 Å². The molecule has 0 aliphatic heterocycles. The summed E-state index contributed by atoms with van der Waals surface area (Å²) >= 11 is 0. The van der Waals surface area contributed by atoms with Gasteiger partial charge in [-0.3, -0.25) is 4.79 Å². The molecule has 1 amide bonds. The number of nitrogens with one attached hydrogen (secondary N) is 1. The SMILES string of the molecule is COc1ncncc1NC(=O)[C@@H](C)N. The molecule has 0 aromatic carbocycles. The van der Waals surface area contributed by atoms with Gasteiger partial charge >= 0.3 is 0 Å². The maximum absolute atomic E-state index is 11.2. The predicted octanol–water partition coefficient (Wildman–Crippen LogP) is -0.229. The van der Waals surface area contributed by atoms with Gasteiger partial charge in [-0.1, -0.05) is 0 Å². The van der Waals surface area contributed by atoms with E-state index in [1.807, 2.05) is 0 Å². The summed E-state index contributed by atoms with van der Waals surface area (Å²) in [6.45, 7) is 1.59. The maximum Gasteiger partial charge on any atom is 0.241 e. The highest BCUT2D eigenvalue weighted by Gasteiger charge is 2.11. The van der Waals surface area contributed by atoms with Crippen LogP contribution in [0.1, 0.15) is 6.92 Å². The van der Waals surface area contributed by atoms with Crippen LogP contribution in [0.2, 0.25) is 0 Å². The maximum atomic E-state index is 11.2. The molecule has 0 unspecified atom stereocenters. The van der Waals surface area contributed by atoms with Crippen LogP contribution in [0, 0.1) is 0 Å². The summed E-state index contributed by atoms with van der Waals surface area (Å²) in [6.07, 6.45) is 2.78. The summed E-state index contributed by atoms with van der Waals surface area (Å²) < 4.78 is 4.92. The first-order chi connectivity index (χ1) is 6.65. The van der Waals surface area contributed by atoms with Gasteiger partial charge in [0.05, 0.1) is 19.3 Å². The lowest BCUT2D eigenvalue weighted by Crippen LogP contribution is -2.32. The molecule has 0 spiro atoms. The third kappa shape index (κ3) is 2.40. The molecule has 3 N–H and O–H groups in total. The minimum absolute atomic E-state index is 0.307. The first-order valence-corrected chi connectivity index (χ1v) is 4.05. The minimum Gasteiger partial charge on any atom is -0.479 e. The topological polar surface area (TPSA) is 90.1 Å². The van der Waals surface area contributed by atoms with E-state index in [0.29, 0.717) is 11.6 Å².